The number of hydrogen-bond acceptors (Lipinski definition) is 2. The molecule has 2 aliphatic rings. The molecule has 0 unspecified atom stereocenters. The smallest absolute Gasteiger partial charge is 0.338 e. The maximum absolute atomic E-state index is 12.8. The highest BCUT2D eigenvalue weighted by molar-refractivity contribution is 5.90. The van der Waals surface area contributed by atoms with Crippen molar-refractivity contribution in [3.05, 3.63) is 59.7 Å². The second-order valence-corrected chi connectivity index (χ2v) is 11.5. The number of hydrogen-bond donors (Lipinski definition) is 0. The lowest BCUT2D eigenvalue weighted by atomic mass is 9.70. The molecule has 0 radical (unpaired) electrons. The molecule has 0 spiro atoms. The SMILES string of the molecule is CCC[C@H]1CC[C@H](C2CCC(OC(=O)c3ccc(-c4ccc(C[C@@H](C)CC)cc4)cc3)CC2)CC1. The van der Waals surface area contributed by atoms with E-state index in [-0.39, 0.29) is 12.1 Å². The van der Waals surface area contributed by atoms with E-state index in [1.165, 1.54) is 68.9 Å². The van der Waals surface area contributed by atoms with E-state index in [0.29, 0.717) is 11.5 Å². The van der Waals surface area contributed by atoms with Gasteiger partial charge in [0.2, 0.25) is 0 Å². The molecule has 2 aromatic rings. The van der Waals surface area contributed by atoms with E-state index < -0.39 is 0 Å². The van der Waals surface area contributed by atoms with Crippen molar-refractivity contribution in [2.75, 3.05) is 0 Å². The Morgan fingerprint density at radius 1 is 0.800 bits per heavy atom. The molecule has 2 nitrogen and oxygen atoms in total. The minimum absolute atomic E-state index is 0.0907. The van der Waals surface area contributed by atoms with Crippen molar-refractivity contribution in [3.8, 4) is 11.1 Å². The summed E-state index contributed by atoms with van der Waals surface area (Å²) >= 11 is 0. The molecule has 0 bridgehead atoms. The molecular formula is C33H46O2. The maximum Gasteiger partial charge on any atom is 0.338 e. The van der Waals surface area contributed by atoms with Crippen LogP contribution in [-0.2, 0) is 11.2 Å². The van der Waals surface area contributed by atoms with Crippen LogP contribution in [0.5, 0.6) is 0 Å². The fourth-order valence-corrected chi connectivity index (χ4v) is 6.43. The Labute approximate surface area is 213 Å². The van der Waals surface area contributed by atoms with Gasteiger partial charge >= 0.3 is 5.97 Å². The number of carbonyl (C=O) groups is 1. The van der Waals surface area contributed by atoms with Gasteiger partial charge < -0.3 is 4.74 Å². The van der Waals surface area contributed by atoms with Crippen LogP contribution in [0, 0.1) is 23.7 Å². The standard InChI is InChI=1S/C33H46O2/c1-4-6-25-7-11-27(12-8-25)30-19-21-32(22-20-30)35-33(34)31-17-15-29(16-18-31)28-13-9-26(10-14-28)23-24(3)5-2/h9-10,13-18,24-25,27,30,32H,4-8,11-12,19-23H2,1-3H3/t24-,25-,27-,30?,32?/m0/s1. The minimum Gasteiger partial charge on any atom is -0.459 e. The Bertz CT molecular complexity index is 897. The largest absolute Gasteiger partial charge is 0.459 e. The van der Waals surface area contributed by atoms with Gasteiger partial charge in [-0.05, 0) is 97.4 Å². The molecule has 2 heteroatoms. The van der Waals surface area contributed by atoms with Gasteiger partial charge in [-0.1, -0.05) is 89.3 Å². The summed E-state index contributed by atoms with van der Waals surface area (Å²) in [6, 6.07) is 16.8. The predicted octanol–water partition coefficient (Wildman–Crippen LogP) is 9.26. The van der Waals surface area contributed by atoms with Gasteiger partial charge in [-0.25, -0.2) is 4.79 Å². The highest BCUT2D eigenvalue weighted by Crippen LogP contribution is 2.41. The lowest BCUT2D eigenvalue weighted by molar-refractivity contribution is 0.0109. The normalized spacial score (nSPS) is 25.7. The summed E-state index contributed by atoms with van der Waals surface area (Å²) in [5, 5.41) is 0. The van der Waals surface area contributed by atoms with Crippen molar-refractivity contribution in [1.82, 2.24) is 0 Å². The van der Waals surface area contributed by atoms with E-state index >= 15 is 0 Å². The molecule has 0 heterocycles. The van der Waals surface area contributed by atoms with E-state index in [1.54, 1.807) is 0 Å². The molecule has 1 atom stereocenters. The summed E-state index contributed by atoms with van der Waals surface area (Å²) in [6.07, 6.45) is 15.4. The molecule has 0 aliphatic heterocycles. The summed E-state index contributed by atoms with van der Waals surface area (Å²) in [7, 11) is 0. The number of carbonyl (C=O) groups excluding carboxylic acids is 1. The molecule has 2 fully saturated rings. The summed E-state index contributed by atoms with van der Waals surface area (Å²) < 4.78 is 5.93. The molecule has 35 heavy (non-hydrogen) atoms. The van der Waals surface area contributed by atoms with Gasteiger partial charge in [0, 0.05) is 0 Å². The average Bonchev–Trinajstić information content (AvgIpc) is 2.90. The van der Waals surface area contributed by atoms with E-state index in [0.717, 1.165) is 42.6 Å². The number of rotatable bonds is 9. The zero-order valence-electron chi connectivity index (χ0n) is 22.3. The summed E-state index contributed by atoms with van der Waals surface area (Å²) in [6.45, 7) is 6.86. The fraction of sp³-hybridized carbons (Fsp3) is 0.606. The minimum atomic E-state index is -0.163. The zero-order chi connectivity index (χ0) is 24.6. The summed E-state index contributed by atoms with van der Waals surface area (Å²) in [5.74, 6) is 3.30. The van der Waals surface area contributed by atoms with Crippen LogP contribution < -0.4 is 0 Å². The highest BCUT2D eigenvalue weighted by Gasteiger charge is 2.31. The first kappa shape index (κ1) is 26.0. The van der Waals surface area contributed by atoms with Gasteiger partial charge in [-0.2, -0.15) is 0 Å². The molecule has 2 aromatic carbocycles. The van der Waals surface area contributed by atoms with Crippen LogP contribution in [-0.4, -0.2) is 12.1 Å². The van der Waals surface area contributed by atoms with Crippen LogP contribution in [0.25, 0.3) is 11.1 Å². The second kappa shape index (κ2) is 12.7. The van der Waals surface area contributed by atoms with Crippen molar-refractivity contribution in [3.63, 3.8) is 0 Å². The van der Waals surface area contributed by atoms with Crippen LogP contribution in [0.15, 0.2) is 48.5 Å². The Balaban J connectivity index is 1.23. The third-order valence-corrected chi connectivity index (χ3v) is 8.94. The summed E-state index contributed by atoms with van der Waals surface area (Å²) in [4.78, 5) is 12.8. The molecule has 190 valence electrons. The van der Waals surface area contributed by atoms with Gasteiger partial charge in [0.1, 0.15) is 6.10 Å². The Kier molecular flexibility index (Phi) is 9.46. The second-order valence-electron chi connectivity index (χ2n) is 11.5. The molecular weight excluding hydrogens is 428 g/mol. The van der Waals surface area contributed by atoms with Gasteiger partial charge in [0.15, 0.2) is 0 Å². The van der Waals surface area contributed by atoms with Crippen LogP contribution >= 0.6 is 0 Å². The van der Waals surface area contributed by atoms with Crippen LogP contribution in [0.1, 0.15) is 107 Å². The molecule has 2 aliphatic carbocycles. The monoisotopic (exact) mass is 474 g/mol. The van der Waals surface area contributed by atoms with Gasteiger partial charge in [-0.3, -0.25) is 0 Å². The molecule has 2 saturated carbocycles. The van der Waals surface area contributed by atoms with E-state index in [4.69, 9.17) is 4.74 Å². The number of benzene rings is 2. The zero-order valence-corrected chi connectivity index (χ0v) is 22.3. The van der Waals surface area contributed by atoms with E-state index in [9.17, 15) is 4.79 Å². The van der Waals surface area contributed by atoms with Crippen molar-refractivity contribution in [1.29, 1.82) is 0 Å². The van der Waals surface area contributed by atoms with Crippen molar-refractivity contribution in [2.45, 2.75) is 104 Å². The number of esters is 1. The molecule has 0 saturated heterocycles. The topological polar surface area (TPSA) is 26.3 Å². The quantitative estimate of drug-likeness (QED) is 0.338. The van der Waals surface area contributed by atoms with Crippen molar-refractivity contribution in [2.24, 2.45) is 23.7 Å². The molecule has 0 aromatic heterocycles. The Morgan fingerprint density at radius 2 is 1.34 bits per heavy atom. The molecule has 4 rings (SSSR count). The average molecular weight is 475 g/mol. The third-order valence-electron chi connectivity index (χ3n) is 8.94. The van der Waals surface area contributed by atoms with Gasteiger partial charge in [-0.15, -0.1) is 0 Å². The van der Waals surface area contributed by atoms with Crippen LogP contribution in [0.3, 0.4) is 0 Å². The van der Waals surface area contributed by atoms with Gasteiger partial charge in [0.05, 0.1) is 5.56 Å². The molecule has 0 N–H and O–H groups in total. The van der Waals surface area contributed by atoms with Crippen LogP contribution in [0.2, 0.25) is 0 Å². The summed E-state index contributed by atoms with van der Waals surface area (Å²) in [5.41, 5.74) is 4.39. The number of ether oxygens (including phenoxy) is 1. The maximum atomic E-state index is 12.8. The first-order chi connectivity index (χ1) is 17.1. The van der Waals surface area contributed by atoms with Gasteiger partial charge in [0.25, 0.3) is 0 Å². The van der Waals surface area contributed by atoms with Crippen molar-refractivity contribution >= 4 is 5.97 Å². The molecule has 0 amide bonds. The highest BCUT2D eigenvalue weighted by atomic mass is 16.5. The first-order valence-electron chi connectivity index (χ1n) is 14.5. The van der Waals surface area contributed by atoms with Crippen LogP contribution in [0.4, 0.5) is 0 Å². The third kappa shape index (κ3) is 7.21. The lowest BCUT2D eigenvalue weighted by Crippen LogP contribution is -2.29. The predicted molar refractivity (Wildman–Crippen MR) is 147 cm³/mol. The first-order valence-corrected chi connectivity index (χ1v) is 14.5. The lowest BCUT2D eigenvalue weighted by Gasteiger charge is -2.37. The van der Waals surface area contributed by atoms with Crippen molar-refractivity contribution < 1.29 is 9.53 Å². The van der Waals surface area contributed by atoms with E-state index in [2.05, 4.69) is 45.0 Å². The van der Waals surface area contributed by atoms with E-state index in [1.807, 2.05) is 24.3 Å². The Morgan fingerprint density at radius 3 is 1.89 bits per heavy atom. The fourth-order valence-electron chi connectivity index (χ4n) is 6.43. The Hall–Kier alpha value is -2.09.